The lowest BCUT2D eigenvalue weighted by Crippen LogP contribution is -2.38. The topological polar surface area (TPSA) is 103 Å². The van der Waals surface area contributed by atoms with Crippen LogP contribution < -0.4 is 25.4 Å². The van der Waals surface area contributed by atoms with Gasteiger partial charge in [-0.1, -0.05) is 0 Å². The van der Waals surface area contributed by atoms with Gasteiger partial charge in [-0.15, -0.1) is 8.78 Å². The predicted molar refractivity (Wildman–Crippen MR) is 97.1 cm³/mol. The van der Waals surface area contributed by atoms with Gasteiger partial charge in [-0.25, -0.2) is 9.97 Å². The highest BCUT2D eigenvalue weighted by molar-refractivity contribution is 5.96. The van der Waals surface area contributed by atoms with E-state index < -0.39 is 12.2 Å². The van der Waals surface area contributed by atoms with Crippen LogP contribution in [0, 0.1) is 0 Å². The molecule has 148 valence electrons. The normalized spacial score (nSPS) is 20.1. The Morgan fingerprint density at radius 2 is 2.11 bits per heavy atom. The lowest BCUT2D eigenvalue weighted by molar-refractivity contribution is -0.286. The Hall–Kier alpha value is -3.17. The van der Waals surface area contributed by atoms with Crippen LogP contribution in [0.5, 0.6) is 11.5 Å². The number of benzene rings is 1. The Kier molecular flexibility index (Phi) is 4.40. The van der Waals surface area contributed by atoms with Gasteiger partial charge in [0.05, 0.1) is 6.20 Å². The second-order valence-corrected chi connectivity index (χ2v) is 6.78. The van der Waals surface area contributed by atoms with E-state index in [0.29, 0.717) is 17.5 Å². The summed E-state index contributed by atoms with van der Waals surface area (Å²) in [6.45, 7) is 2.94. The number of nitrogens with zero attached hydrogens (tertiary/aromatic N) is 3. The summed E-state index contributed by atoms with van der Waals surface area (Å²) in [5.41, 5.74) is 5.74. The number of hydrogen-bond acceptors (Lipinski definition) is 7. The molecule has 0 radical (unpaired) electrons. The van der Waals surface area contributed by atoms with Crippen LogP contribution in [0.25, 0.3) is 0 Å². The van der Waals surface area contributed by atoms with Crippen molar-refractivity contribution in [3.63, 3.8) is 0 Å². The van der Waals surface area contributed by atoms with Gasteiger partial charge in [0.25, 0.3) is 5.91 Å². The maximum absolute atomic E-state index is 13.2. The summed E-state index contributed by atoms with van der Waals surface area (Å²) >= 11 is 0. The molecule has 3 N–H and O–H groups in total. The van der Waals surface area contributed by atoms with Crippen LogP contribution in [-0.2, 0) is 0 Å². The number of piperidine rings is 1. The molecule has 3 heterocycles. The van der Waals surface area contributed by atoms with Crippen LogP contribution in [0.3, 0.4) is 0 Å². The number of anilines is 3. The molecule has 10 heteroatoms. The Balaban J connectivity index is 1.65. The number of carbonyl (C=O) groups excluding carboxylic acids is 1. The molecule has 2 aliphatic heterocycles. The highest BCUT2D eigenvalue weighted by Crippen LogP contribution is 2.42. The monoisotopic (exact) mass is 391 g/mol. The molecule has 2 aliphatic rings. The molecule has 4 rings (SSSR count). The van der Waals surface area contributed by atoms with Crippen molar-refractivity contribution in [2.75, 3.05) is 16.8 Å². The first-order chi connectivity index (χ1) is 13.3. The number of nitrogens with two attached hydrogens (primary N) is 1. The van der Waals surface area contributed by atoms with Crippen LogP contribution in [-0.4, -0.2) is 34.8 Å². The molecule has 0 unspecified atom stereocenters. The molecule has 0 bridgehead atoms. The van der Waals surface area contributed by atoms with Gasteiger partial charge < -0.3 is 25.4 Å². The zero-order valence-electron chi connectivity index (χ0n) is 15.1. The van der Waals surface area contributed by atoms with Gasteiger partial charge >= 0.3 is 6.29 Å². The summed E-state index contributed by atoms with van der Waals surface area (Å²) in [5.74, 6) is -0.182. The van der Waals surface area contributed by atoms with Crippen LogP contribution >= 0.6 is 0 Å². The molecule has 0 saturated carbocycles. The van der Waals surface area contributed by atoms with Crippen LogP contribution in [0.15, 0.2) is 24.4 Å². The van der Waals surface area contributed by atoms with Gasteiger partial charge in [-0.05, 0) is 38.3 Å². The third-order valence-corrected chi connectivity index (χ3v) is 4.75. The van der Waals surface area contributed by atoms with Gasteiger partial charge in [0.2, 0.25) is 0 Å². The number of alkyl halides is 2. The van der Waals surface area contributed by atoms with Crippen molar-refractivity contribution in [1.82, 2.24) is 9.97 Å². The van der Waals surface area contributed by atoms with Crippen molar-refractivity contribution < 1.29 is 23.0 Å². The predicted octanol–water partition coefficient (Wildman–Crippen LogP) is 3.02. The summed E-state index contributed by atoms with van der Waals surface area (Å²) in [6.07, 6.45) is 1.05. The quantitative estimate of drug-likeness (QED) is 0.826. The number of primary amides is 1. The van der Waals surface area contributed by atoms with Crippen molar-refractivity contribution in [3.05, 3.63) is 30.1 Å². The van der Waals surface area contributed by atoms with E-state index in [1.54, 1.807) is 0 Å². The second-order valence-electron chi connectivity index (χ2n) is 6.78. The average molecular weight is 391 g/mol. The number of aromatic nitrogens is 2. The number of amides is 1. The van der Waals surface area contributed by atoms with Crippen molar-refractivity contribution in [1.29, 1.82) is 0 Å². The molecule has 1 fully saturated rings. The van der Waals surface area contributed by atoms with Crippen molar-refractivity contribution in [3.8, 4) is 11.5 Å². The van der Waals surface area contributed by atoms with Crippen LogP contribution in [0.4, 0.5) is 26.1 Å². The molecular weight excluding hydrogens is 372 g/mol. The van der Waals surface area contributed by atoms with Gasteiger partial charge in [0.1, 0.15) is 5.82 Å². The second kappa shape index (κ2) is 6.77. The number of halogens is 2. The van der Waals surface area contributed by atoms with E-state index >= 15 is 0 Å². The number of fused-ring (bicyclic) bond motifs is 1. The molecule has 8 nitrogen and oxygen atoms in total. The molecule has 1 saturated heterocycles. The summed E-state index contributed by atoms with van der Waals surface area (Å²) in [5, 5.41) is 2.92. The fourth-order valence-corrected chi connectivity index (χ4v) is 3.39. The van der Waals surface area contributed by atoms with Crippen molar-refractivity contribution in [2.24, 2.45) is 5.73 Å². The van der Waals surface area contributed by atoms with E-state index in [-0.39, 0.29) is 23.0 Å². The van der Waals surface area contributed by atoms with Crippen LogP contribution in [0.1, 0.15) is 36.7 Å². The fourth-order valence-electron chi connectivity index (χ4n) is 3.39. The molecule has 28 heavy (non-hydrogen) atoms. The van der Waals surface area contributed by atoms with E-state index in [1.165, 1.54) is 24.4 Å². The Morgan fingerprint density at radius 1 is 1.32 bits per heavy atom. The van der Waals surface area contributed by atoms with Crippen LogP contribution in [0.2, 0.25) is 0 Å². The highest BCUT2D eigenvalue weighted by atomic mass is 19.3. The summed E-state index contributed by atoms with van der Waals surface area (Å²) in [7, 11) is 0. The molecule has 1 amide bonds. The lowest BCUT2D eigenvalue weighted by Gasteiger charge is -2.34. The Morgan fingerprint density at radius 3 is 2.86 bits per heavy atom. The van der Waals surface area contributed by atoms with Gasteiger partial charge in [-0.3, -0.25) is 4.79 Å². The summed E-state index contributed by atoms with van der Waals surface area (Å²) < 4.78 is 35.2. The summed E-state index contributed by atoms with van der Waals surface area (Å²) in [4.78, 5) is 22.6. The first-order valence-electron chi connectivity index (χ1n) is 8.93. The number of carbonyl (C=O) groups is 1. The standard InChI is InChI=1S/C18H19F2N5O3/c1-10-4-2-3-7-25(10)14-9-22-15(16(21)26)17(24-14)23-11-5-6-12-13(8-11)28-18(19,20)27-12/h5-6,8-10H,2-4,7H2,1H3,(H2,21,26)(H,23,24)/t10-/m1/s1. The number of hydrogen-bond donors (Lipinski definition) is 2. The SMILES string of the molecule is C[C@@H]1CCCCN1c1cnc(C(N)=O)c(Nc2ccc3c(c2)OC(F)(F)O3)n1. The zero-order chi connectivity index (χ0) is 19.9. The molecule has 1 aromatic heterocycles. The Bertz CT molecular complexity index is 924. The molecule has 1 atom stereocenters. The van der Waals surface area contributed by atoms with Gasteiger partial charge in [0.15, 0.2) is 23.0 Å². The average Bonchev–Trinajstić information content (AvgIpc) is 2.95. The van der Waals surface area contributed by atoms with Crippen molar-refractivity contribution >= 4 is 23.2 Å². The third-order valence-electron chi connectivity index (χ3n) is 4.75. The van der Waals surface area contributed by atoms with E-state index in [4.69, 9.17) is 5.73 Å². The number of nitrogens with one attached hydrogen (secondary N) is 1. The smallest absolute Gasteiger partial charge is 0.395 e. The van der Waals surface area contributed by atoms with Crippen molar-refractivity contribution in [2.45, 2.75) is 38.5 Å². The molecule has 0 spiro atoms. The summed E-state index contributed by atoms with van der Waals surface area (Å²) in [6, 6.07) is 4.47. The largest absolute Gasteiger partial charge is 0.586 e. The molecule has 0 aliphatic carbocycles. The van der Waals surface area contributed by atoms with E-state index in [1.807, 2.05) is 0 Å². The van der Waals surface area contributed by atoms with Gasteiger partial charge in [-0.2, -0.15) is 0 Å². The van der Waals surface area contributed by atoms with Gasteiger partial charge in [0, 0.05) is 24.3 Å². The lowest BCUT2D eigenvalue weighted by atomic mass is 10.0. The minimum absolute atomic E-state index is 0.0450. The first-order valence-corrected chi connectivity index (χ1v) is 8.93. The minimum atomic E-state index is -3.70. The molecular formula is C18H19F2N5O3. The third kappa shape index (κ3) is 3.49. The van der Waals surface area contributed by atoms with E-state index in [0.717, 1.165) is 25.8 Å². The molecule has 1 aromatic carbocycles. The number of ether oxygens (including phenoxy) is 2. The first kappa shape index (κ1) is 18.2. The van der Waals surface area contributed by atoms with E-state index in [2.05, 4.69) is 36.6 Å². The molecule has 2 aromatic rings. The Labute approximate surface area is 159 Å². The minimum Gasteiger partial charge on any atom is -0.395 e. The maximum atomic E-state index is 13.2. The zero-order valence-corrected chi connectivity index (χ0v) is 15.1. The maximum Gasteiger partial charge on any atom is 0.586 e. The van der Waals surface area contributed by atoms with E-state index in [9.17, 15) is 13.6 Å². The number of rotatable bonds is 4. The highest BCUT2D eigenvalue weighted by Gasteiger charge is 2.43. The fraction of sp³-hybridized carbons (Fsp3) is 0.389.